The number of carbonyl (C=O) groups excluding carboxylic acids is 1. The molecule has 0 radical (unpaired) electrons. The van der Waals surface area contributed by atoms with Crippen LogP contribution in [0, 0.1) is 12.3 Å². The number of aromatic nitrogens is 1. The number of rotatable bonds is 8. The Morgan fingerprint density at radius 2 is 2.03 bits per heavy atom. The number of nitrogens with zero attached hydrogens (tertiary/aromatic N) is 2. The first-order chi connectivity index (χ1) is 17.1. The summed E-state index contributed by atoms with van der Waals surface area (Å²) in [5, 5.41) is 8.88. The minimum Gasteiger partial charge on any atom is -0.489 e. The molecule has 2 atom stereocenters. The van der Waals surface area contributed by atoms with E-state index in [0.717, 1.165) is 58.7 Å². The monoisotopic (exact) mass is 473 g/mol. The summed E-state index contributed by atoms with van der Waals surface area (Å²) in [4.78, 5) is 22.7. The van der Waals surface area contributed by atoms with Crippen LogP contribution in [0.2, 0.25) is 0 Å². The number of para-hydroxylation sites is 1. The highest BCUT2D eigenvalue weighted by Crippen LogP contribution is 2.40. The summed E-state index contributed by atoms with van der Waals surface area (Å²) in [6.45, 7) is 6.29. The SMILES string of the molecule is CCOC(=O)CC1(C2CC(c3ccc(OCc4cc(C)nc5ccccc45)cc3)=NO2)CCNC1. The van der Waals surface area contributed by atoms with Crippen molar-refractivity contribution >= 4 is 22.6 Å². The molecule has 3 heterocycles. The molecule has 1 saturated heterocycles. The highest BCUT2D eigenvalue weighted by atomic mass is 16.6. The number of aryl methyl sites for hydroxylation is 1. The van der Waals surface area contributed by atoms with Gasteiger partial charge in [-0.1, -0.05) is 23.4 Å². The van der Waals surface area contributed by atoms with E-state index < -0.39 is 0 Å². The second kappa shape index (κ2) is 10.0. The first-order valence-corrected chi connectivity index (χ1v) is 12.2. The largest absolute Gasteiger partial charge is 0.489 e. The van der Waals surface area contributed by atoms with Crippen LogP contribution in [0.15, 0.2) is 59.8 Å². The second-order valence-electron chi connectivity index (χ2n) is 9.36. The van der Waals surface area contributed by atoms with Gasteiger partial charge in [0.15, 0.2) is 0 Å². The van der Waals surface area contributed by atoms with Crippen molar-refractivity contribution in [3.63, 3.8) is 0 Å². The maximum absolute atomic E-state index is 12.2. The highest BCUT2D eigenvalue weighted by Gasteiger charge is 2.47. The van der Waals surface area contributed by atoms with Crippen LogP contribution in [0.5, 0.6) is 5.75 Å². The Morgan fingerprint density at radius 1 is 1.20 bits per heavy atom. The van der Waals surface area contributed by atoms with Gasteiger partial charge in [0.2, 0.25) is 0 Å². The topological polar surface area (TPSA) is 82.0 Å². The van der Waals surface area contributed by atoms with E-state index in [9.17, 15) is 4.79 Å². The summed E-state index contributed by atoms with van der Waals surface area (Å²) in [6.07, 6.45) is 1.74. The van der Waals surface area contributed by atoms with Crippen LogP contribution in [0.1, 0.15) is 43.0 Å². The lowest BCUT2D eigenvalue weighted by molar-refractivity contribution is -0.148. The van der Waals surface area contributed by atoms with Crippen LogP contribution in [0.4, 0.5) is 0 Å². The van der Waals surface area contributed by atoms with Crippen molar-refractivity contribution < 1.29 is 19.1 Å². The first-order valence-electron chi connectivity index (χ1n) is 12.2. The van der Waals surface area contributed by atoms with Gasteiger partial charge in [-0.05, 0) is 68.8 Å². The third kappa shape index (κ3) is 5.00. The van der Waals surface area contributed by atoms with Crippen LogP contribution in [0.25, 0.3) is 10.9 Å². The van der Waals surface area contributed by atoms with Gasteiger partial charge in [-0.15, -0.1) is 0 Å². The van der Waals surface area contributed by atoms with E-state index in [1.54, 1.807) is 0 Å². The molecule has 0 spiro atoms. The zero-order chi connectivity index (χ0) is 24.3. The lowest BCUT2D eigenvalue weighted by atomic mass is 9.76. The van der Waals surface area contributed by atoms with Crippen molar-refractivity contribution in [2.75, 3.05) is 19.7 Å². The summed E-state index contributed by atoms with van der Waals surface area (Å²) >= 11 is 0. The summed E-state index contributed by atoms with van der Waals surface area (Å²) in [5.41, 5.74) is 4.69. The van der Waals surface area contributed by atoms with Crippen LogP contribution in [-0.2, 0) is 21.0 Å². The van der Waals surface area contributed by atoms with E-state index in [2.05, 4.69) is 27.6 Å². The van der Waals surface area contributed by atoms with Gasteiger partial charge in [0.05, 0.1) is 24.3 Å². The van der Waals surface area contributed by atoms with Gasteiger partial charge in [-0.25, -0.2) is 0 Å². The molecule has 7 heteroatoms. The van der Waals surface area contributed by atoms with Gasteiger partial charge in [0.25, 0.3) is 0 Å². The number of hydrogen-bond acceptors (Lipinski definition) is 7. The predicted octanol–water partition coefficient (Wildman–Crippen LogP) is 4.55. The molecule has 0 aliphatic carbocycles. The predicted molar refractivity (Wildman–Crippen MR) is 134 cm³/mol. The minimum absolute atomic E-state index is 0.143. The van der Waals surface area contributed by atoms with E-state index in [-0.39, 0.29) is 17.5 Å². The van der Waals surface area contributed by atoms with Gasteiger partial charge < -0.3 is 19.6 Å². The fraction of sp³-hybridized carbons (Fsp3) is 0.393. The molecule has 1 aromatic heterocycles. The summed E-state index contributed by atoms with van der Waals surface area (Å²) in [5.74, 6) is 0.619. The van der Waals surface area contributed by atoms with Crippen LogP contribution in [0.3, 0.4) is 0 Å². The number of carbonyl (C=O) groups is 1. The Bertz CT molecular complexity index is 1230. The Balaban J connectivity index is 1.23. The smallest absolute Gasteiger partial charge is 0.306 e. The quantitative estimate of drug-likeness (QED) is 0.484. The molecule has 0 bridgehead atoms. The molecule has 182 valence electrons. The standard InChI is InChI=1S/C28H31N3O4/c1-3-33-27(32)16-28(12-13-29-18-28)26-15-25(31-35-26)20-8-10-22(11-9-20)34-17-21-14-19(2)30-24-7-5-4-6-23(21)24/h4-11,14,26,29H,3,12-13,15-18H2,1-2H3. The molecule has 1 N–H and O–H groups in total. The van der Waals surface area contributed by atoms with Crippen molar-refractivity contribution in [2.24, 2.45) is 10.6 Å². The summed E-state index contributed by atoms with van der Waals surface area (Å²) in [6, 6.07) is 18.2. The summed E-state index contributed by atoms with van der Waals surface area (Å²) in [7, 11) is 0. The molecule has 5 rings (SSSR count). The van der Waals surface area contributed by atoms with Gasteiger partial charge in [0, 0.05) is 35.0 Å². The number of hydrogen-bond donors (Lipinski definition) is 1. The fourth-order valence-corrected chi connectivity index (χ4v) is 5.10. The molecule has 35 heavy (non-hydrogen) atoms. The summed E-state index contributed by atoms with van der Waals surface area (Å²) < 4.78 is 11.3. The van der Waals surface area contributed by atoms with Crippen molar-refractivity contribution in [1.29, 1.82) is 0 Å². The van der Waals surface area contributed by atoms with Crippen molar-refractivity contribution in [3.05, 3.63) is 71.4 Å². The fourth-order valence-electron chi connectivity index (χ4n) is 5.10. The molecule has 2 unspecified atom stereocenters. The number of esters is 1. The van der Waals surface area contributed by atoms with Crippen molar-refractivity contribution in [3.8, 4) is 5.75 Å². The number of fused-ring (bicyclic) bond motifs is 1. The molecule has 7 nitrogen and oxygen atoms in total. The molecular weight excluding hydrogens is 442 g/mol. The van der Waals surface area contributed by atoms with Crippen LogP contribution >= 0.6 is 0 Å². The normalized spacial score (nSPS) is 21.5. The Hall–Kier alpha value is -3.45. The van der Waals surface area contributed by atoms with Gasteiger partial charge in [-0.3, -0.25) is 9.78 Å². The maximum Gasteiger partial charge on any atom is 0.306 e. The molecule has 3 aromatic rings. The van der Waals surface area contributed by atoms with Gasteiger partial charge in [0.1, 0.15) is 18.5 Å². The zero-order valence-corrected chi connectivity index (χ0v) is 20.3. The van der Waals surface area contributed by atoms with E-state index >= 15 is 0 Å². The molecule has 1 fully saturated rings. The Morgan fingerprint density at radius 3 is 2.80 bits per heavy atom. The number of benzene rings is 2. The maximum atomic E-state index is 12.2. The van der Waals surface area contributed by atoms with Crippen LogP contribution < -0.4 is 10.1 Å². The first kappa shape index (κ1) is 23.3. The number of nitrogens with one attached hydrogen (secondary N) is 1. The average Bonchev–Trinajstić information content (AvgIpc) is 3.54. The number of ether oxygens (including phenoxy) is 2. The zero-order valence-electron chi connectivity index (χ0n) is 20.3. The Labute approximate surface area is 205 Å². The van der Waals surface area contributed by atoms with Crippen molar-refractivity contribution in [2.45, 2.75) is 45.8 Å². The average molecular weight is 474 g/mol. The molecule has 2 aliphatic heterocycles. The van der Waals surface area contributed by atoms with E-state index in [1.165, 1.54) is 0 Å². The molecule has 0 saturated carbocycles. The molecule has 2 aliphatic rings. The van der Waals surface area contributed by atoms with E-state index in [1.807, 2.05) is 56.3 Å². The minimum atomic E-state index is -0.286. The second-order valence-corrected chi connectivity index (χ2v) is 9.36. The van der Waals surface area contributed by atoms with Gasteiger partial charge in [-0.2, -0.15) is 0 Å². The van der Waals surface area contributed by atoms with E-state index in [4.69, 9.17) is 14.3 Å². The lowest BCUT2D eigenvalue weighted by Gasteiger charge is -2.31. The number of pyridine rings is 1. The molecular formula is C28H31N3O4. The van der Waals surface area contributed by atoms with Crippen molar-refractivity contribution in [1.82, 2.24) is 10.3 Å². The van der Waals surface area contributed by atoms with Gasteiger partial charge >= 0.3 is 5.97 Å². The third-order valence-corrected chi connectivity index (χ3v) is 6.94. The van der Waals surface area contributed by atoms with Crippen LogP contribution in [-0.4, -0.2) is 42.5 Å². The molecule has 2 aromatic carbocycles. The number of oxime groups is 1. The highest BCUT2D eigenvalue weighted by molar-refractivity contribution is 6.01. The lowest BCUT2D eigenvalue weighted by Crippen LogP contribution is -2.40. The Kier molecular flexibility index (Phi) is 6.68. The third-order valence-electron chi connectivity index (χ3n) is 6.94. The van der Waals surface area contributed by atoms with E-state index in [0.29, 0.717) is 26.1 Å². The molecule has 0 amide bonds.